The number of aliphatic carboxylic acids is 1. The number of carboxylic acid groups (broad SMARTS) is 1. The summed E-state index contributed by atoms with van der Waals surface area (Å²) in [4.78, 5) is 26.4. The maximum absolute atomic E-state index is 13.5. The van der Waals surface area contributed by atoms with Gasteiger partial charge in [-0.3, -0.25) is 9.59 Å². The second-order valence-corrected chi connectivity index (χ2v) is 9.93. The summed E-state index contributed by atoms with van der Waals surface area (Å²) in [7, 11) is 1.54. The molecule has 1 unspecified atom stereocenters. The Morgan fingerprint density at radius 2 is 1.86 bits per heavy atom. The molecule has 0 saturated heterocycles. The minimum absolute atomic E-state index is 0.292. The minimum Gasteiger partial charge on any atom is -0.493 e. The topological polar surface area (TPSA) is 76.1 Å². The Morgan fingerprint density at radius 3 is 2.53 bits per heavy atom. The smallest absolute Gasteiger partial charge is 0.323 e. The molecule has 1 heterocycles. The molecule has 1 amide bonds. The highest BCUT2D eigenvalue weighted by Gasteiger charge is 2.38. The first-order valence-corrected chi connectivity index (χ1v) is 12.3. The summed E-state index contributed by atoms with van der Waals surface area (Å²) < 4.78 is 11.9. The number of fused-ring (bicyclic) bond motifs is 1. The highest BCUT2D eigenvalue weighted by molar-refractivity contribution is 6.30. The van der Waals surface area contributed by atoms with Crippen LogP contribution in [0.1, 0.15) is 39.5 Å². The van der Waals surface area contributed by atoms with E-state index in [-0.39, 0.29) is 12.5 Å². The third-order valence-electron chi connectivity index (χ3n) is 6.53. The van der Waals surface area contributed by atoms with Gasteiger partial charge in [0.05, 0.1) is 7.11 Å². The molecular weight excluding hydrogens is 478 g/mol. The first-order chi connectivity index (χ1) is 17.2. The fraction of sp³-hybridized carbons (Fsp3) is 0.310. The molecule has 0 saturated carbocycles. The maximum atomic E-state index is 13.5. The van der Waals surface area contributed by atoms with Crippen molar-refractivity contribution in [2.45, 2.75) is 38.7 Å². The Labute approximate surface area is 216 Å². The zero-order valence-corrected chi connectivity index (χ0v) is 21.5. The summed E-state index contributed by atoms with van der Waals surface area (Å²) in [6.45, 7) is 3.95. The monoisotopic (exact) mass is 507 g/mol. The Kier molecular flexibility index (Phi) is 7.55. The fourth-order valence-electron chi connectivity index (χ4n) is 4.74. The quantitative estimate of drug-likeness (QED) is 0.422. The zero-order chi connectivity index (χ0) is 25.9. The van der Waals surface area contributed by atoms with Crippen molar-refractivity contribution in [3.05, 3.63) is 93.5 Å². The molecular formula is C29H30ClNO5. The molecule has 36 heavy (non-hydrogen) atoms. The van der Waals surface area contributed by atoms with Crippen LogP contribution in [0.25, 0.3) is 0 Å². The van der Waals surface area contributed by atoms with Crippen molar-refractivity contribution in [2.75, 3.05) is 20.2 Å². The highest BCUT2D eigenvalue weighted by atomic mass is 35.5. The molecule has 1 atom stereocenters. The summed E-state index contributed by atoms with van der Waals surface area (Å²) >= 11 is 6.02. The van der Waals surface area contributed by atoms with Crippen LogP contribution in [-0.2, 0) is 24.1 Å². The number of ether oxygens (including phenoxy) is 2. The number of aryl methyl sites for hydroxylation is 1. The van der Waals surface area contributed by atoms with Gasteiger partial charge in [0, 0.05) is 35.5 Å². The van der Waals surface area contributed by atoms with Gasteiger partial charge in [-0.05, 0) is 61.2 Å². The van der Waals surface area contributed by atoms with Crippen LogP contribution in [0.15, 0.2) is 60.7 Å². The normalized spacial score (nSPS) is 16.2. The van der Waals surface area contributed by atoms with E-state index in [1.54, 1.807) is 12.1 Å². The van der Waals surface area contributed by atoms with Crippen molar-refractivity contribution in [1.29, 1.82) is 0 Å². The molecule has 3 aromatic carbocycles. The molecule has 0 spiro atoms. The number of hydrogen-bond acceptors (Lipinski definition) is 4. The van der Waals surface area contributed by atoms with Gasteiger partial charge in [-0.2, -0.15) is 0 Å². The van der Waals surface area contributed by atoms with E-state index in [1.165, 1.54) is 12.0 Å². The molecule has 1 aliphatic rings. The molecule has 0 aliphatic carbocycles. The second-order valence-electron chi connectivity index (χ2n) is 9.50. The van der Waals surface area contributed by atoms with Crippen LogP contribution < -0.4 is 9.47 Å². The standard InChI is InChI=1S/C29H30ClNO5/c1-19-6-4-5-7-21(19)12-13-31(18-26(32)33)28(34)22-14-23-17-29(2,36-27(23)25(15-22)35-3)16-20-8-10-24(30)11-9-20/h4-11,14-15H,12-13,16-18H2,1-3H3,(H,32,33). The van der Waals surface area contributed by atoms with Crippen LogP contribution in [0, 0.1) is 6.92 Å². The van der Waals surface area contributed by atoms with Crippen LogP contribution in [0.2, 0.25) is 5.02 Å². The first kappa shape index (κ1) is 25.6. The summed E-state index contributed by atoms with van der Waals surface area (Å²) in [5, 5.41) is 10.1. The molecule has 6 nitrogen and oxygen atoms in total. The van der Waals surface area contributed by atoms with E-state index in [4.69, 9.17) is 21.1 Å². The number of carboxylic acids is 1. The third kappa shape index (κ3) is 5.82. The molecule has 0 fully saturated rings. The lowest BCUT2D eigenvalue weighted by Crippen LogP contribution is -2.37. The van der Waals surface area contributed by atoms with Gasteiger partial charge in [0.2, 0.25) is 0 Å². The van der Waals surface area contributed by atoms with E-state index in [9.17, 15) is 14.7 Å². The third-order valence-corrected chi connectivity index (χ3v) is 6.78. The largest absolute Gasteiger partial charge is 0.493 e. The Morgan fingerprint density at radius 1 is 1.14 bits per heavy atom. The summed E-state index contributed by atoms with van der Waals surface area (Å²) in [6, 6.07) is 19.0. The number of amides is 1. The van der Waals surface area contributed by atoms with Crippen LogP contribution in [0.4, 0.5) is 0 Å². The van der Waals surface area contributed by atoms with Gasteiger partial charge in [-0.25, -0.2) is 0 Å². The number of hydrogen-bond donors (Lipinski definition) is 1. The van der Waals surface area contributed by atoms with Gasteiger partial charge in [0.15, 0.2) is 11.5 Å². The molecule has 1 aliphatic heterocycles. The van der Waals surface area contributed by atoms with E-state index < -0.39 is 11.6 Å². The average molecular weight is 508 g/mol. The lowest BCUT2D eigenvalue weighted by Gasteiger charge is -2.24. The molecule has 3 aromatic rings. The van der Waals surface area contributed by atoms with E-state index in [0.717, 1.165) is 22.3 Å². The van der Waals surface area contributed by atoms with Crippen molar-refractivity contribution in [1.82, 2.24) is 4.90 Å². The predicted molar refractivity (Wildman–Crippen MR) is 139 cm³/mol. The van der Waals surface area contributed by atoms with Crippen molar-refractivity contribution >= 4 is 23.5 Å². The van der Waals surface area contributed by atoms with E-state index in [2.05, 4.69) is 0 Å². The number of methoxy groups -OCH3 is 1. The van der Waals surface area contributed by atoms with Gasteiger partial charge in [-0.1, -0.05) is 48.0 Å². The second kappa shape index (κ2) is 10.6. The van der Waals surface area contributed by atoms with Gasteiger partial charge in [0.25, 0.3) is 5.91 Å². The Bertz CT molecular complexity index is 1270. The number of benzene rings is 3. The van der Waals surface area contributed by atoms with E-state index in [1.807, 2.05) is 62.4 Å². The molecule has 4 rings (SSSR count). The van der Waals surface area contributed by atoms with Crippen LogP contribution in [0.3, 0.4) is 0 Å². The van der Waals surface area contributed by atoms with E-state index in [0.29, 0.717) is 47.9 Å². The molecule has 188 valence electrons. The number of carbonyl (C=O) groups excluding carboxylic acids is 1. The maximum Gasteiger partial charge on any atom is 0.323 e. The number of halogens is 1. The Hall–Kier alpha value is -3.51. The van der Waals surface area contributed by atoms with Gasteiger partial charge in [0.1, 0.15) is 12.1 Å². The van der Waals surface area contributed by atoms with Crippen molar-refractivity contribution in [3.63, 3.8) is 0 Å². The van der Waals surface area contributed by atoms with Crippen LogP contribution in [-0.4, -0.2) is 47.7 Å². The molecule has 7 heteroatoms. The van der Waals surface area contributed by atoms with Gasteiger partial charge >= 0.3 is 5.97 Å². The Balaban J connectivity index is 1.57. The van der Waals surface area contributed by atoms with Gasteiger partial charge in [-0.15, -0.1) is 0 Å². The van der Waals surface area contributed by atoms with Crippen molar-refractivity contribution in [3.8, 4) is 11.5 Å². The average Bonchev–Trinajstić information content (AvgIpc) is 3.18. The lowest BCUT2D eigenvalue weighted by molar-refractivity contribution is -0.137. The summed E-state index contributed by atoms with van der Waals surface area (Å²) in [6.07, 6.45) is 1.81. The SMILES string of the molecule is COc1cc(C(=O)N(CCc2ccccc2C)CC(=O)O)cc2c1OC(C)(Cc1ccc(Cl)cc1)C2. The molecule has 1 N–H and O–H groups in total. The van der Waals surface area contributed by atoms with Crippen molar-refractivity contribution in [2.24, 2.45) is 0 Å². The minimum atomic E-state index is -1.06. The molecule has 0 bridgehead atoms. The first-order valence-electron chi connectivity index (χ1n) is 11.9. The van der Waals surface area contributed by atoms with Crippen LogP contribution in [0.5, 0.6) is 11.5 Å². The summed E-state index contributed by atoms with van der Waals surface area (Å²) in [5.74, 6) is -0.321. The predicted octanol–water partition coefficient (Wildman–Crippen LogP) is 5.36. The van der Waals surface area contributed by atoms with Gasteiger partial charge < -0.3 is 19.5 Å². The summed E-state index contributed by atoms with van der Waals surface area (Å²) in [5.41, 5.74) is 4.01. The molecule has 0 aromatic heterocycles. The van der Waals surface area contributed by atoms with Crippen LogP contribution >= 0.6 is 11.6 Å². The highest BCUT2D eigenvalue weighted by Crippen LogP contribution is 2.44. The molecule has 0 radical (unpaired) electrons. The fourth-order valence-corrected chi connectivity index (χ4v) is 4.87. The number of carbonyl (C=O) groups is 2. The number of nitrogens with zero attached hydrogens (tertiary/aromatic N) is 1. The van der Waals surface area contributed by atoms with E-state index >= 15 is 0 Å². The van der Waals surface area contributed by atoms with Crippen molar-refractivity contribution < 1.29 is 24.2 Å². The zero-order valence-electron chi connectivity index (χ0n) is 20.7. The lowest BCUT2D eigenvalue weighted by atomic mass is 9.91. The number of rotatable bonds is 9.